The number of aryl methyl sites for hydroxylation is 2. The van der Waals surface area contributed by atoms with E-state index in [4.69, 9.17) is 5.26 Å². The fourth-order valence-corrected chi connectivity index (χ4v) is 2.03. The van der Waals surface area contributed by atoms with E-state index in [-0.39, 0.29) is 0 Å². The van der Waals surface area contributed by atoms with E-state index in [0.717, 1.165) is 6.54 Å². The van der Waals surface area contributed by atoms with Gasteiger partial charge < -0.3 is 4.90 Å². The van der Waals surface area contributed by atoms with Crippen LogP contribution in [0.4, 0.5) is 0 Å². The van der Waals surface area contributed by atoms with E-state index in [0.29, 0.717) is 0 Å². The van der Waals surface area contributed by atoms with Crippen LogP contribution in [0.2, 0.25) is 0 Å². The second-order valence-electron chi connectivity index (χ2n) is 3.91. The van der Waals surface area contributed by atoms with Crippen LogP contribution in [-0.2, 0) is 19.4 Å². The molecule has 14 heavy (non-hydrogen) atoms. The molecule has 0 heterocycles. The SMILES string of the molecule is CN(C#N)Cc1ccc2c(c1)CCC2. The zero-order chi connectivity index (χ0) is 9.97. The van der Waals surface area contributed by atoms with E-state index >= 15 is 0 Å². The van der Waals surface area contributed by atoms with Gasteiger partial charge in [0.2, 0.25) is 0 Å². The lowest BCUT2D eigenvalue weighted by Crippen LogP contribution is -2.10. The van der Waals surface area contributed by atoms with Crippen LogP contribution in [0.5, 0.6) is 0 Å². The maximum Gasteiger partial charge on any atom is 0.179 e. The maximum atomic E-state index is 8.67. The van der Waals surface area contributed by atoms with E-state index < -0.39 is 0 Å². The van der Waals surface area contributed by atoms with Crippen LogP contribution in [0.15, 0.2) is 18.2 Å². The van der Waals surface area contributed by atoms with Gasteiger partial charge >= 0.3 is 0 Å². The molecule has 1 aliphatic carbocycles. The molecule has 1 aromatic carbocycles. The first-order chi connectivity index (χ1) is 6.79. The van der Waals surface area contributed by atoms with E-state index in [2.05, 4.69) is 24.4 Å². The third kappa shape index (κ3) is 1.72. The van der Waals surface area contributed by atoms with Gasteiger partial charge in [-0.25, -0.2) is 0 Å². The first-order valence-electron chi connectivity index (χ1n) is 5.01. The van der Waals surface area contributed by atoms with Crippen molar-refractivity contribution in [2.45, 2.75) is 25.8 Å². The van der Waals surface area contributed by atoms with Crippen molar-refractivity contribution in [3.63, 3.8) is 0 Å². The lowest BCUT2D eigenvalue weighted by molar-refractivity contribution is 0.469. The second-order valence-corrected chi connectivity index (χ2v) is 3.91. The molecule has 72 valence electrons. The molecule has 0 saturated carbocycles. The van der Waals surface area contributed by atoms with Gasteiger partial charge in [-0.3, -0.25) is 0 Å². The summed E-state index contributed by atoms with van der Waals surface area (Å²) in [4.78, 5) is 1.65. The number of rotatable bonds is 2. The van der Waals surface area contributed by atoms with Crippen LogP contribution >= 0.6 is 0 Å². The largest absolute Gasteiger partial charge is 0.309 e. The Morgan fingerprint density at radius 3 is 2.93 bits per heavy atom. The molecular formula is C12H14N2. The fourth-order valence-electron chi connectivity index (χ4n) is 2.03. The third-order valence-electron chi connectivity index (χ3n) is 2.75. The van der Waals surface area contributed by atoms with Gasteiger partial charge in [0.1, 0.15) is 0 Å². The van der Waals surface area contributed by atoms with Crippen LogP contribution in [0.1, 0.15) is 23.1 Å². The van der Waals surface area contributed by atoms with Crippen LogP contribution in [0, 0.1) is 11.5 Å². The minimum atomic E-state index is 0.726. The van der Waals surface area contributed by atoms with Crippen molar-refractivity contribution in [3.8, 4) is 6.19 Å². The minimum absolute atomic E-state index is 0.726. The summed E-state index contributed by atoms with van der Waals surface area (Å²) in [5.41, 5.74) is 4.22. The number of benzene rings is 1. The molecule has 2 nitrogen and oxygen atoms in total. The normalized spacial score (nSPS) is 13.4. The number of nitrogens with zero attached hydrogens (tertiary/aromatic N) is 2. The Bertz CT molecular complexity index is 376. The molecule has 1 aromatic rings. The van der Waals surface area contributed by atoms with Crippen LogP contribution in [-0.4, -0.2) is 11.9 Å². The standard InChI is InChI=1S/C12H14N2/c1-14(9-13)8-10-5-6-11-3-2-4-12(11)7-10/h5-7H,2-4,8H2,1H3. The maximum absolute atomic E-state index is 8.67. The van der Waals surface area contributed by atoms with Gasteiger partial charge in [-0.2, -0.15) is 5.26 Å². The molecule has 0 aliphatic heterocycles. The molecular weight excluding hydrogens is 172 g/mol. The van der Waals surface area contributed by atoms with Crippen molar-refractivity contribution in [1.29, 1.82) is 5.26 Å². The summed E-state index contributed by atoms with van der Waals surface area (Å²) in [6.07, 6.45) is 5.83. The molecule has 0 amide bonds. The summed E-state index contributed by atoms with van der Waals surface area (Å²) in [6, 6.07) is 6.59. The quantitative estimate of drug-likeness (QED) is 0.522. The molecule has 0 spiro atoms. The first kappa shape index (κ1) is 9.08. The van der Waals surface area contributed by atoms with Crippen LogP contribution < -0.4 is 0 Å². The zero-order valence-electron chi connectivity index (χ0n) is 8.45. The van der Waals surface area contributed by atoms with Crippen LogP contribution in [0.25, 0.3) is 0 Å². The third-order valence-corrected chi connectivity index (χ3v) is 2.75. The average Bonchev–Trinajstić information content (AvgIpc) is 2.64. The Labute approximate surface area is 84.8 Å². The summed E-state index contributed by atoms with van der Waals surface area (Å²) in [5, 5.41) is 8.67. The lowest BCUT2D eigenvalue weighted by atomic mass is 10.1. The predicted octanol–water partition coefficient (Wildman–Crippen LogP) is 2.09. The van der Waals surface area contributed by atoms with Gasteiger partial charge in [0.25, 0.3) is 0 Å². The van der Waals surface area contributed by atoms with Crippen LogP contribution in [0.3, 0.4) is 0 Å². The molecule has 1 aliphatic rings. The molecule has 0 unspecified atom stereocenters. The molecule has 0 N–H and O–H groups in total. The number of hydrogen-bond donors (Lipinski definition) is 0. The second kappa shape index (κ2) is 3.71. The van der Waals surface area contributed by atoms with E-state index in [1.54, 1.807) is 4.90 Å². The Morgan fingerprint density at radius 2 is 2.14 bits per heavy atom. The molecule has 0 bridgehead atoms. The Morgan fingerprint density at radius 1 is 1.36 bits per heavy atom. The zero-order valence-corrected chi connectivity index (χ0v) is 8.45. The van der Waals surface area contributed by atoms with E-state index in [9.17, 15) is 0 Å². The highest BCUT2D eigenvalue weighted by atomic mass is 15.1. The van der Waals surface area contributed by atoms with E-state index in [1.807, 2.05) is 7.05 Å². The van der Waals surface area contributed by atoms with Crippen molar-refractivity contribution in [2.24, 2.45) is 0 Å². The summed E-state index contributed by atoms with van der Waals surface area (Å²) in [5.74, 6) is 0. The van der Waals surface area contributed by atoms with Gasteiger partial charge in [0.05, 0.1) is 6.54 Å². The highest BCUT2D eigenvalue weighted by Gasteiger charge is 2.10. The first-order valence-corrected chi connectivity index (χ1v) is 5.01. The Balaban J connectivity index is 2.17. The highest BCUT2D eigenvalue weighted by Crippen LogP contribution is 2.23. The van der Waals surface area contributed by atoms with Crippen molar-refractivity contribution in [1.82, 2.24) is 4.90 Å². The topological polar surface area (TPSA) is 27.0 Å². The number of fused-ring (bicyclic) bond motifs is 1. The van der Waals surface area contributed by atoms with Crippen molar-refractivity contribution < 1.29 is 0 Å². The van der Waals surface area contributed by atoms with Gasteiger partial charge in [0, 0.05) is 7.05 Å². The summed E-state index contributed by atoms with van der Waals surface area (Å²) in [6.45, 7) is 0.726. The van der Waals surface area contributed by atoms with Gasteiger partial charge in [-0.1, -0.05) is 18.2 Å². The monoisotopic (exact) mass is 186 g/mol. The lowest BCUT2D eigenvalue weighted by Gasteiger charge is -2.09. The molecule has 2 rings (SSSR count). The average molecular weight is 186 g/mol. The minimum Gasteiger partial charge on any atom is -0.309 e. The summed E-state index contributed by atoms with van der Waals surface area (Å²) in [7, 11) is 1.81. The van der Waals surface area contributed by atoms with Gasteiger partial charge in [0.15, 0.2) is 6.19 Å². The molecule has 0 atom stereocenters. The molecule has 0 saturated heterocycles. The fraction of sp³-hybridized carbons (Fsp3) is 0.417. The van der Waals surface area contributed by atoms with Gasteiger partial charge in [-0.05, 0) is 36.0 Å². The van der Waals surface area contributed by atoms with Gasteiger partial charge in [-0.15, -0.1) is 0 Å². The summed E-state index contributed by atoms with van der Waals surface area (Å²) >= 11 is 0. The molecule has 0 fully saturated rings. The Hall–Kier alpha value is -1.49. The predicted molar refractivity (Wildman–Crippen MR) is 55.5 cm³/mol. The van der Waals surface area contributed by atoms with Crippen molar-refractivity contribution >= 4 is 0 Å². The number of hydrogen-bond acceptors (Lipinski definition) is 2. The molecule has 2 heteroatoms. The summed E-state index contributed by atoms with van der Waals surface area (Å²) < 4.78 is 0. The molecule has 0 radical (unpaired) electrons. The Kier molecular flexibility index (Phi) is 2.41. The van der Waals surface area contributed by atoms with Crippen molar-refractivity contribution in [3.05, 3.63) is 34.9 Å². The highest BCUT2D eigenvalue weighted by molar-refractivity contribution is 5.35. The van der Waals surface area contributed by atoms with E-state index in [1.165, 1.54) is 36.0 Å². The molecule has 0 aromatic heterocycles. The number of nitriles is 1. The smallest absolute Gasteiger partial charge is 0.179 e. The van der Waals surface area contributed by atoms with Crippen molar-refractivity contribution in [2.75, 3.05) is 7.05 Å².